The zero-order chi connectivity index (χ0) is 23.1. The van der Waals surface area contributed by atoms with E-state index < -0.39 is 6.04 Å². The summed E-state index contributed by atoms with van der Waals surface area (Å²) in [5, 5.41) is 4.57. The Hall–Kier alpha value is -1.95. The molecule has 1 N–H and O–H groups in total. The van der Waals surface area contributed by atoms with Crippen LogP contribution in [0.3, 0.4) is 0 Å². The van der Waals surface area contributed by atoms with Crippen LogP contribution in [0.4, 0.5) is 0 Å². The molecule has 1 saturated carbocycles. The van der Waals surface area contributed by atoms with Crippen molar-refractivity contribution in [2.45, 2.75) is 57.7 Å². The van der Waals surface area contributed by atoms with Gasteiger partial charge in [-0.15, -0.1) is 0 Å². The van der Waals surface area contributed by atoms with Gasteiger partial charge in [0.25, 0.3) is 5.91 Å². The van der Waals surface area contributed by atoms with Crippen molar-refractivity contribution in [2.75, 3.05) is 6.61 Å². The first-order valence-electron chi connectivity index (χ1n) is 10.8. The highest BCUT2D eigenvalue weighted by atomic mass is 35.5. The molecule has 0 spiro atoms. The SMILES string of the molecule is CC[C@H](C(=O)NC1CCCC1)N(Cc1ccc(Cl)cc1Cl)C(=O)COc1cccc(Cl)c1. The van der Waals surface area contributed by atoms with E-state index in [1.807, 2.05) is 6.92 Å². The summed E-state index contributed by atoms with van der Waals surface area (Å²) in [6.07, 6.45) is 4.62. The number of nitrogens with zero attached hydrogens (tertiary/aromatic N) is 1. The summed E-state index contributed by atoms with van der Waals surface area (Å²) in [7, 11) is 0. The summed E-state index contributed by atoms with van der Waals surface area (Å²) in [6, 6.07) is 11.5. The fraction of sp³-hybridized carbons (Fsp3) is 0.417. The molecule has 2 aromatic carbocycles. The third-order valence-electron chi connectivity index (χ3n) is 5.60. The third-order valence-corrected chi connectivity index (χ3v) is 6.42. The zero-order valence-corrected chi connectivity index (χ0v) is 20.2. The van der Waals surface area contributed by atoms with Gasteiger partial charge in [-0.25, -0.2) is 0 Å². The predicted molar refractivity (Wildman–Crippen MR) is 128 cm³/mol. The average molecular weight is 498 g/mol. The van der Waals surface area contributed by atoms with Gasteiger partial charge in [0.05, 0.1) is 0 Å². The second-order valence-electron chi connectivity index (χ2n) is 7.92. The maximum atomic E-state index is 13.2. The number of benzene rings is 2. The maximum Gasteiger partial charge on any atom is 0.261 e. The molecule has 8 heteroatoms. The van der Waals surface area contributed by atoms with E-state index in [0.717, 1.165) is 25.7 Å². The Morgan fingerprint density at radius 2 is 1.81 bits per heavy atom. The van der Waals surface area contributed by atoms with Crippen molar-refractivity contribution in [3.05, 3.63) is 63.1 Å². The van der Waals surface area contributed by atoms with Crippen LogP contribution in [0.2, 0.25) is 15.1 Å². The molecule has 0 heterocycles. The maximum absolute atomic E-state index is 13.2. The summed E-state index contributed by atoms with van der Waals surface area (Å²) in [5.74, 6) is 0.0174. The summed E-state index contributed by atoms with van der Waals surface area (Å²) >= 11 is 18.4. The van der Waals surface area contributed by atoms with Crippen LogP contribution in [-0.4, -0.2) is 35.4 Å². The van der Waals surface area contributed by atoms with Gasteiger partial charge < -0.3 is 15.0 Å². The quantitative estimate of drug-likeness (QED) is 0.470. The third kappa shape index (κ3) is 6.77. The standard InChI is InChI=1S/C24H27Cl3N2O3/c1-2-22(24(31)28-19-7-3-4-8-19)29(14-16-10-11-18(26)13-21(16)27)23(30)15-32-20-9-5-6-17(25)12-20/h5-6,9-13,19,22H,2-4,7-8,14-15H2,1H3,(H,28,31)/t22-/m1/s1. The van der Waals surface area contributed by atoms with Crippen LogP contribution in [0.15, 0.2) is 42.5 Å². The van der Waals surface area contributed by atoms with Crippen molar-refractivity contribution in [1.82, 2.24) is 10.2 Å². The first kappa shape index (κ1) is 24.7. The number of amides is 2. The molecule has 3 rings (SSSR count). The second-order valence-corrected chi connectivity index (χ2v) is 9.20. The van der Waals surface area contributed by atoms with Gasteiger partial charge in [-0.3, -0.25) is 9.59 Å². The van der Waals surface area contributed by atoms with Gasteiger partial charge in [0.2, 0.25) is 5.91 Å². The molecule has 1 atom stereocenters. The van der Waals surface area contributed by atoms with Gasteiger partial charge in [-0.05, 0) is 55.2 Å². The smallest absolute Gasteiger partial charge is 0.261 e. The minimum atomic E-state index is -0.641. The lowest BCUT2D eigenvalue weighted by Crippen LogP contribution is -2.52. The summed E-state index contributed by atoms with van der Waals surface area (Å²) in [5.41, 5.74) is 0.708. The Balaban J connectivity index is 1.79. The molecule has 2 amide bonds. The number of ether oxygens (including phenoxy) is 1. The van der Waals surface area contributed by atoms with E-state index in [0.29, 0.717) is 32.8 Å². The van der Waals surface area contributed by atoms with Gasteiger partial charge in [-0.2, -0.15) is 0 Å². The lowest BCUT2D eigenvalue weighted by atomic mass is 10.1. The van der Waals surface area contributed by atoms with Crippen LogP contribution in [0.5, 0.6) is 5.75 Å². The largest absolute Gasteiger partial charge is 0.484 e. The lowest BCUT2D eigenvalue weighted by Gasteiger charge is -2.31. The molecule has 2 aromatic rings. The Labute approximate surface area is 204 Å². The number of carbonyl (C=O) groups is 2. The molecule has 0 bridgehead atoms. The van der Waals surface area contributed by atoms with E-state index in [-0.39, 0.29) is 31.0 Å². The molecule has 1 fully saturated rings. The topological polar surface area (TPSA) is 58.6 Å². The molecule has 32 heavy (non-hydrogen) atoms. The molecular formula is C24H27Cl3N2O3. The molecule has 172 valence electrons. The first-order valence-corrected chi connectivity index (χ1v) is 11.9. The van der Waals surface area contributed by atoms with E-state index in [1.54, 1.807) is 42.5 Å². The number of rotatable bonds is 9. The molecule has 5 nitrogen and oxygen atoms in total. The number of hydrogen-bond donors (Lipinski definition) is 1. The van der Waals surface area contributed by atoms with Gasteiger partial charge in [-0.1, -0.05) is 66.7 Å². The van der Waals surface area contributed by atoms with Crippen LogP contribution >= 0.6 is 34.8 Å². The Bertz CT molecular complexity index is 948. The summed E-state index contributed by atoms with van der Waals surface area (Å²) in [4.78, 5) is 27.9. The Kier molecular flexibility index (Phi) is 9.09. The van der Waals surface area contributed by atoms with Gasteiger partial charge in [0, 0.05) is 27.7 Å². The average Bonchev–Trinajstić information content (AvgIpc) is 3.26. The predicted octanol–water partition coefficient (Wildman–Crippen LogP) is 5.89. The van der Waals surface area contributed by atoms with E-state index in [1.165, 1.54) is 4.90 Å². The molecule has 0 saturated heterocycles. The number of hydrogen-bond acceptors (Lipinski definition) is 3. The lowest BCUT2D eigenvalue weighted by molar-refractivity contribution is -0.143. The Morgan fingerprint density at radius 1 is 1.09 bits per heavy atom. The van der Waals surface area contributed by atoms with Crippen LogP contribution in [0, 0.1) is 0 Å². The molecule has 0 aliphatic heterocycles. The van der Waals surface area contributed by atoms with E-state index in [9.17, 15) is 9.59 Å². The molecular weight excluding hydrogens is 471 g/mol. The van der Waals surface area contributed by atoms with Crippen molar-refractivity contribution in [3.8, 4) is 5.75 Å². The van der Waals surface area contributed by atoms with Crippen LogP contribution < -0.4 is 10.1 Å². The fourth-order valence-corrected chi connectivity index (χ4v) is 4.55. The van der Waals surface area contributed by atoms with Gasteiger partial charge in [0.15, 0.2) is 6.61 Å². The van der Waals surface area contributed by atoms with E-state index in [2.05, 4.69) is 5.32 Å². The van der Waals surface area contributed by atoms with Crippen LogP contribution in [-0.2, 0) is 16.1 Å². The van der Waals surface area contributed by atoms with E-state index in [4.69, 9.17) is 39.5 Å². The number of nitrogens with one attached hydrogen (secondary N) is 1. The minimum Gasteiger partial charge on any atom is -0.484 e. The highest BCUT2D eigenvalue weighted by Crippen LogP contribution is 2.25. The monoisotopic (exact) mass is 496 g/mol. The van der Waals surface area contributed by atoms with Crippen molar-refractivity contribution in [1.29, 1.82) is 0 Å². The van der Waals surface area contributed by atoms with Crippen molar-refractivity contribution in [3.63, 3.8) is 0 Å². The summed E-state index contributed by atoms with van der Waals surface area (Å²) < 4.78 is 5.66. The second kappa shape index (κ2) is 11.8. The fourth-order valence-electron chi connectivity index (χ4n) is 3.91. The zero-order valence-electron chi connectivity index (χ0n) is 18.0. The van der Waals surface area contributed by atoms with Gasteiger partial charge >= 0.3 is 0 Å². The van der Waals surface area contributed by atoms with Crippen LogP contribution in [0.25, 0.3) is 0 Å². The van der Waals surface area contributed by atoms with Crippen LogP contribution in [0.1, 0.15) is 44.6 Å². The van der Waals surface area contributed by atoms with Crippen molar-refractivity contribution in [2.24, 2.45) is 0 Å². The summed E-state index contributed by atoms with van der Waals surface area (Å²) in [6.45, 7) is 1.84. The molecule has 1 aliphatic carbocycles. The van der Waals surface area contributed by atoms with Crippen molar-refractivity contribution >= 4 is 46.6 Å². The normalized spacial score (nSPS) is 14.8. The number of carbonyl (C=O) groups excluding carboxylic acids is 2. The minimum absolute atomic E-state index is 0.152. The highest BCUT2D eigenvalue weighted by Gasteiger charge is 2.31. The first-order chi connectivity index (χ1) is 15.4. The number of halogens is 3. The Morgan fingerprint density at radius 3 is 2.47 bits per heavy atom. The highest BCUT2D eigenvalue weighted by molar-refractivity contribution is 6.35. The molecule has 0 radical (unpaired) electrons. The molecule has 1 aliphatic rings. The van der Waals surface area contributed by atoms with Gasteiger partial charge in [0.1, 0.15) is 11.8 Å². The molecule has 0 unspecified atom stereocenters. The van der Waals surface area contributed by atoms with E-state index >= 15 is 0 Å². The van der Waals surface area contributed by atoms with Crippen molar-refractivity contribution < 1.29 is 14.3 Å². The molecule has 0 aromatic heterocycles.